The molecule has 4 rings (SSSR count). The Morgan fingerprint density at radius 1 is 1.03 bits per heavy atom. The number of nitrogens with zero attached hydrogens (tertiary/aromatic N) is 1. The molecule has 0 saturated carbocycles. The summed E-state index contributed by atoms with van der Waals surface area (Å²) < 4.78 is 1.67. The molecular formula is C28H24Br2ClNO2. The minimum absolute atomic E-state index is 0.120. The van der Waals surface area contributed by atoms with E-state index in [0.717, 1.165) is 25.3 Å². The lowest BCUT2D eigenvalue weighted by Crippen LogP contribution is -2.42. The van der Waals surface area contributed by atoms with Gasteiger partial charge in [-0.15, -0.1) is 0 Å². The van der Waals surface area contributed by atoms with Crippen LogP contribution in [0.3, 0.4) is 0 Å². The smallest absolute Gasteiger partial charge is 0.120 e. The average molecular weight is 602 g/mol. The maximum atomic E-state index is 12.5. The Bertz CT molecular complexity index is 1370. The number of rotatable bonds is 7. The van der Waals surface area contributed by atoms with E-state index in [1.807, 2.05) is 61.5 Å². The van der Waals surface area contributed by atoms with Gasteiger partial charge >= 0.3 is 0 Å². The maximum absolute atomic E-state index is 12.5. The summed E-state index contributed by atoms with van der Waals surface area (Å²) in [5.74, 6) is -0.481. The average Bonchev–Trinajstić information content (AvgIpc) is 2.80. The Balaban J connectivity index is 2.02. The van der Waals surface area contributed by atoms with Crippen LogP contribution in [0, 0.1) is 0 Å². The number of phenols is 1. The predicted octanol–water partition coefficient (Wildman–Crippen LogP) is 7.31. The fraction of sp³-hybridized carbons (Fsp3) is 0.214. The lowest BCUT2D eigenvalue weighted by atomic mass is 9.70. The maximum Gasteiger partial charge on any atom is 0.120 e. The number of aliphatic hydroxyl groups is 1. The van der Waals surface area contributed by atoms with Crippen LogP contribution in [0.25, 0.3) is 10.8 Å². The Morgan fingerprint density at radius 2 is 1.76 bits per heavy atom. The highest BCUT2D eigenvalue weighted by Crippen LogP contribution is 2.48. The van der Waals surface area contributed by atoms with Gasteiger partial charge in [-0.3, -0.25) is 0 Å². The van der Waals surface area contributed by atoms with Gasteiger partial charge in [0.2, 0.25) is 0 Å². The van der Waals surface area contributed by atoms with Gasteiger partial charge in [-0.05, 0) is 101 Å². The zero-order valence-corrected chi connectivity index (χ0v) is 22.7. The van der Waals surface area contributed by atoms with Gasteiger partial charge in [-0.1, -0.05) is 57.2 Å². The van der Waals surface area contributed by atoms with Crippen LogP contribution in [0.1, 0.15) is 23.5 Å². The molecule has 0 spiro atoms. The summed E-state index contributed by atoms with van der Waals surface area (Å²) in [7, 11) is 3.94. The lowest BCUT2D eigenvalue weighted by molar-refractivity contribution is 0.0475. The third kappa shape index (κ3) is 5.12. The highest BCUT2D eigenvalue weighted by Gasteiger charge is 2.44. The first kappa shape index (κ1) is 25.0. The molecule has 174 valence electrons. The Kier molecular flexibility index (Phi) is 7.57. The second-order valence-corrected chi connectivity index (χ2v) is 10.9. The summed E-state index contributed by atoms with van der Waals surface area (Å²) in [6.45, 7) is 0.621. The molecule has 3 nitrogen and oxygen atoms in total. The second-order valence-electron chi connectivity index (χ2n) is 8.69. The van der Waals surface area contributed by atoms with Crippen molar-refractivity contribution >= 4 is 54.2 Å². The number of halogens is 3. The number of aromatic hydroxyl groups is 1. The lowest BCUT2D eigenvalue weighted by Gasteiger charge is -2.39. The van der Waals surface area contributed by atoms with E-state index in [4.69, 9.17) is 11.6 Å². The van der Waals surface area contributed by atoms with Gasteiger partial charge in [0.05, 0.1) is 0 Å². The van der Waals surface area contributed by atoms with Crippen molar-refractivity contribution in [3.05, 3.63) is 109 Å². The molecule has 2 atom stereocenters. The minimum Gasteiger partial charge on any atom is -0.508 e. The number of hydrogen-bond acceptors (Lipinski definition) is 3. The van der Waals surface area contributed by atoms with Crippen LogP contribution >= 0.6 is 43.5 Å². The zero-order valence-electron chi connectivity index (χ0n) is 18.8. The van der Waals surface area contributed by atoms with Crippen LogP contribution in [-0.2, 0) is 0 Å². The van der Waals surface area contributed by atoms with E-state index in [1.165, 1.54) is 0 Å². The first-order valence-corrected chi connectivity index (χ1v) is 12.8. The molecule has 3 aromatic carbocycles. The molecule has 1 aliphatic rings. The van der Waals surface area contributed by atoms with Crippen molar-refractivity contribution in [3.63, 3.8) is 0 Å². The fourth-order valence-electron chi connectivity index (χ4n) is 4.37. The van der Waals surface area contributed by atoms with Crippen molar-refractivity contribution in [1.29, 1.82) is 0 Å². The summed E-state index contributed by atoms with van der Waals surface area (Å²) >= 11 is 13.4. The third-order valence-electron chi connectivity index (χ3n) is 6.06. The normalized spacial score (nSPS) is 15.9. The molecule has 0 saturated heterocycles. The van der Waals surface area contributed by atoms with Crippen molar-refractivity contribution in [3.8, 4) is 5.75 Å². The second kappa shape index (κ2) is 10.3. The van der Waals surface area contributed by atoms with Gasteiger partial charge < -0.3 is 15.1 Å². The molecule has 0 aliphatic heterocycles. The van der Waals surface area contributed by atoms with E-state index in [0.29, 0.717) is 29.1 Å². The molecule has 6 heteroatoms. The zero-order chi connectivity index (χ0) is 24.5. The van der Waals surface area contributed by atoms with Gasteiger partial charge in [0.1, 0.15) is 11.4 Å². The van der Waals surface area contributed by atoms with Crippen LogP contribution < -0.4 is 0 Å². The molecule has 3 aromatic rings. The van der Waals surface area contributed by atoms with Crippen LogP contribution in [0.5, 0.6) is 5.75 Å². The van der Waals surface area contributed by atoms with Crippen LogP contribution in [0.15, 0.2) is 92.7 Å². The van der Waals surface area contributed by atoms with Crippen LogP contribution in [0.2, 0.25) is 5.02 Å². The molecule has 34 heavy (non-hydrogen) atoms. The van der Waals surface area contributed by atoms with Crippen molar-refractivity contribution in [2.45, 2.75) is 17.9 Å². The van der Waals surface area contributed by atoms with Gasteiger partial charge in [-0.2, -0.15) is 0 Å². The highest BCUT2D eigenvalue weighted by molar-refractivity contribution is 9.12. The molecule has 0 fully saturated rings. The van der Waals surface area contributed by atoms with Crippen molar-refractivity contribution in [2.24, 2.45) is 0 Å². The Hall–Kier alpha value is -2.07. The highest BCUT2D eigenvalue weighted by atomic mass is 79.9. The van der Waals surface area contributed by atoms with Crippen molar-refractivity contribution in [1.82, 2.24) is 4.90 Å². The summed E-state index contributed by atoms with van der Waals surface area (Å²) in [5, 5.41) is 26.2. The Morgan fingerprint density at radius 3 is 2.44 bits per heavy atom. The number of fused-ring (bicyclic) bond motifs is 1. The molecule has 0 aromatic heterocycles. The molecule has 2 N–H and O–H groups in total. The van der Waals surface area contributed by atoms with E-state index in [-0.39, 0.29) is 5.75 Å². The molecule has 0 radical (unpaired) electrons. The van der Waals surface area contributed by atoms with E-state index < -0.39 is 11.5 Å². The third-order valence-corrected chi connectivity index (χ3v) is 7.47. The van der Waals surface area contributed by atoms with Crippen LogP contribution in [-0.4, -0.2) is 41.4 Å². The summed E-state index contributed by atoms with van der Waals surface area (Å²) in [6, 6.07) is 17.0. The number of hydrogen-bond donors (Lipinski definition) is 2. The molecule has 0 bridgehead atoms. The summed E-state index contributed by atoms with van der Waals surface area (Å²) in [6.07, 6.45) is 4.00. The predicted molar refractivity (Wildman–Crippen MR) is 147 cm³/mol. The van der Waals surface area contributed by atoms with Crippen LogP contribution in [0.4, 0.5) is 0 Å². The molecule has 0 amide bonds. The van der Waals surface area contributed by atoms with E-state index in [2.05, 4.69) is 43.3 Å². The van der Waals surface area contributed by atoms with E-state index >= 15 is 0 Å². The SMILES string of the molecule is CN(C)CCC(O)(C1=C=C=CC=C1Br)C(c1ccc(Cl)cc1)c1cc2cc(Br)ccc2cc1O. The van der Waals surface area contributed by atoms with E-state index in [9.17, 15) is 10.2 Å². The molecule has 0 heterocycles. The first-order chi connectivity index (χ1) is 16.2. The molecular weight excluding hydrogens is 578 g/mol. The van der Waals surface area contributed by atoms with Gasteiger partial charge in [0.25, 0.3) is 0 Å². The van der Waals surface area contributed by atoms with Gasteiger partial charge in [-0.25, -0.2) is 0 Å². The Labute approximate surface area is 221 Å². The number of benzene rings is 3. The number of allylic oxidation sites excluding steroid dienone is 2. The largest absolute Gasteiger partial charge is 0.508 e. The minimum atomic E-state index is -1.41. The topological polar surface area (TPSA) is 43.7 Å². The van der Waals surface area contributed by atoms with Crippen molar-refractivity contribution < 1.29 is 10.2 Å². The summed E-state index contributed by atoms with van der Waals surface area (Å²) in [5.41, 5.74) is 6.77. The number of phenolic OH excluding ortho intramolecular Hbond substituents is 1. The van der Waals surface area contributed by atoms with E-state index in [1.54, 1.807) is 24.3 Å². The molecule has 2 unspecified atom stereocenters. The fourth-order valence-corrected chi connectivity index (χ4v) is 5.45. The molecule has 1 aliphatic carbocycles. The van der Waals surface area contributed by atoms with Crippen molar-refractivity contribution in [2.75, 3.05) is 20.6 Å². The first-order valence-electron chi connectivity index (χ1n) is 10.8. The summed E-state index contributed by atoms with van der Waals surface area (Å²) in [4.78, 5) is 2.03. The van der Waals surface area contributed by atoms with Gasteiger partial charge in [0, 0.05) is 37.6 Å². The van der Waals surface area contributed by atoms with Gasteiger partial charge in [0.15, 0.2) is 0 Å². The quantitative estimate of drug-likeness (QED) is 0.279. The monoisotopic (exact) mass is 599 g/mol. The standard InChI is InChI=1S/C28H24Br2ClNO2/c1-32(2)14-13-28(34,24-5-3-4-6-25(24)30)27(18-8-11-22(31)12-9-18)23-16-20-15-21(29)10-7-19(20)17-26(23)33/h4,6-12,15-17,27,33-34H,13-14H2,1-2H3.